The van der Waals surface area contributed by atoms with Gasteiger partial charge in [0.15, 0.2) is 0 Å². The second-order valence-electron chi connectivity index (χ2n) is 4.65. The summed E-state index contributed by atoms with van der Waals surface area (Å²) in [4.78, 5) is 23.2. The van der Waals surface area contributed by atoms with E-state index in [4.69, 9.17) is 4.74 Å². The molecule has 0 spiro atoms. The van der Waals surface area contributed by atoms with Gasteiger partial charge < -0.3 is 14.8 Å². The van der Waals surface area contributed by atoms with E-state index in [9.17, 15) is 9.59 Å². The normalized spacial score (nSPS) is 14.4. The zero-order valence-corrected chi connectivity index (χ0v) is 11.5. The van der Waals surface area contributed by atoms with E-state index in [1.165, 1.54) is 7.11 Å². The fourth-order valence-corrected chi connectivity index (χ4v) is 1.95. The van der Waals surface area contributed by atoms with Crippen molar-refractivity contribution in [3.63, 3.8) is 0 Å². The van der Waals surface area contributed by atoms with Crippen molar-refractivity contribution in [3.05, 3.63) is 35.4 Å². The van der Waals surface area contributed by atoms with Crippen molar-refractivity contribution in [1.29, 1.82) is 0 Å². The van der Waals surface area contributed by atoms with Crippen molar-refractivity contribution in [1.82, 2.24) is 5.32 Å². The van der Waals surface area contributed by atoms with Crippen LogP contribution in [0, 0.1) is 0 Å². The lowest BCUT2D eigenvalue weighted by atomic mass is 10.1. The van der Waals surface area contributed by atoms with Gasteiger partial charge in [-0.15, -0.1) is 0 Å². The summed E-state index contributed by atoms with van der Waals surface area (Å²) in [6, 6.07) is 7.24. The van der Waals surface area contributed by atoms with Gasteiger partial charge in [-0.1, -0.05) is 18.2 Å². The molecule has 0 bridgehead atoms. The summed E-state index contributed by atoms with van der Waals surface area (Å²) in [7, 11) is 1.32. The maximum atomic E-state index is 12.1. The molecular formula is C15H17NO4. The Morgan fingerprint density at radius 3 is 2.90 bits per heavy atom. The molecule has 1 N–H and O–H groups in total. The van der Waals surface area contributed by atoms with Gasteiger partial charge in [0.05, 0.1) is 19.1 Å². The summed E-state index contributed by atoms with van der Waals surface area (Å²) < 4.78 is 10.1. The number of esters is 1. The molecule has 106 valence electrons. The van der Waals surface area contributed by atoms with Crippen LogP contribution in [0.25, 0.3) is 6.08 Å². The minimum Gasteiger partial charge on any atom is -0.488 e. The Morgan fingerprint density at radius 1 is 1.40 bits per heavy atom. The minimum atomic E-state index is -0.350. The number of rotatable bonds is 4. The number of hydrogen-bond donors (Lipinski definition) is 1. The first-order valence-corrected chi connectivity index (χ1v) is 6.40. The second kappa shape index (κ2) is 6.23. The van der Waals surface area contributed by atoms with Crippen molar-refractivity contribution < 1.29 is 19.1 Å². The smallest absolute Gasteiger partial charge is 0.307 e. The molecule has 1 atom stereocenters. The van der Waals surface area contributed by atoms with E-state index in [1.807, 2.05) is 24.3 Å². The van der Waals surface area contributed by atoms with Crippen LogP contribution in [0.5, 0.6) is 5.75 Å². The molecule has 0 aliphatic carbocycles. The maximum Gasteiger partial charge on any atom is 0.307 e. The molecule has 5 nitrogen and oxygen atoms in total. The highest BCUT2D eigenvalue weighted by Crippen LogP contribution is 2.25. The van der Waals surface area contributed by atoms with Gasteiger partial charge >= 0.3 is 5.97 Å². The fourth-order valence-electron chi connectivity index (χ4n) is 1.95. The monoisotopic (exact) mass is 275 g/mol. The van der Waals surface area contributed by atoms with Gasteiger partial charge in [0, 0.05) is 11.6 Å². The summed E-state index contributed by atoms with van der Waals surface area (Å²) in [5, 5.41) is 2.76. The number of hydrogen-bond acceptors (Lipinski definition) is 4. The molecular weight excluding hydrogens is 258 g/mol. The molecule has 0 aromatic heterocycles. The number of nitrogens with one attached hydrogen (secondary N) is 1. The number of amides is 1. The number of carbonyl (C=O) groups is 2. The number of carbonyl (C=O) groups excluding carboxylic acids is 2. The van der Waals surface area contributed by atoms with Crippen molar-refractivity contribution >= 4 is 18.0 Å². The van der Waals surface area contributed by atoms with Gasteiger partial charge in [-0.25, -0.2) is 0 Å². The predicted octanol–water partition coefficient (Wildman–Crippen LogP) is 1.53. The van der Waals surface area contributed by atoms with Gasteiger partial charge in [-0.2, -0.15) is 0 Å². The third-order valence-electron chi connectivity index (χ3n) is 3.00. The predicted molar refractivity (Wildman–Crippen MR) is 74.2 cm³/mol. The first kappa shape index (κ1) is 14.1. The van der Waals surface area contributed by atoms with Crippen molar-refractivity contribution in [2.75, 3.05) is 13.7 Å². The van der Waals surface area contributed by atoms with Crippen molar-refractivity contribution in [3.8, 4) is 5.75 Å². The molecule has 1 heterocycles. The van der Waals surface area contributed by atoms with E-state index in [-0.39, 0.29) is 30.9 Å². The topological polar surface area (TPSA) is 64.6 Å². The fraction of sp³-hybridized carbons (Fsp3) is 0.333. The van der Waals surface area contributed by atoms with Crippen LogP contribution in [-0.2, 0) is 14.3 Å². The molecule has 0 fully saturated rings. The summed E-state index contributed by atoms with van der Waals surface area (Å²) in [5.41, 5.74) is 1.42. The molecule has 1 aromatic rings. The van der Waals surface area contributed by atoms with E-state index < -0.39 is 0 Å². The lowest BCUT2D eigenvalue weighted by Gasteiger charge is -2.19. The zero-order chi connectivity index (χ0) is 14.5. The highest BCUT2D eigenvalue weighted by atomic mass is 16.5. The van der Waals surface area contributed by atoms with E-state index in [0.717, 1.165) is 11.3 Å². The Labute approximate surface area is 117 Å². The molecule has 0 saturated carbocycles. The molecule has 1 unspecified atom stereocenters. The number of para-hydroxylation sites is 1. The van der Waals surface area contributed by atoms with Crippen molar-refractivity contribution in [2.24, 2.45) is 0 Å². The molecule has 1 aliphatic rings. The zero-order valence-electron chi connectivity index (χ0n) is 11.5. The minimum absolute atomic E-state index is 0.146. The van der Waals surface area contributed by atoms with E-state index in [0.29, 0.717) is 5.57 Å². The molecule has 1 amide bonds. The largest absolute Gasteiger partial charge is 0.488 e. The number of fused-ring (bicyclic) bond motifs is 1. The van der Waals surface area contributed by atoms with Crippen LogP contribution in [-0.4, -0.2) is 31.6 Å². The van der Waals surface area contributed by atoms with E-state index >= 15 is 0 Å². The van der Waals surface area contributed by atoms with Crippen LogP contribution >= 0.6 is 0 Å². The van der Waals surface area contributed by atoms with E-state index in [1.54, 1.807) is 13.0 Å². The average molecular weight is 275 g/mol. The number of benzene rings is 1. The van der Waals surface area contributed by atoms with E-state index in [2.05, 4.69) is 10.1 Å². The molecule has 2 rings (SSSR count). The van der Waals surface area contributed by atoms with Gasteiger partial charge in [0.25, 0.3) is 5.91 Å². The summed E-state index contributed by atoms with van der Waals surface area (Å²) >= 11 is 0. The molecule has 1 aliphatic heterocycles. The van der Waals surface area contributed by atoms with Crippen LogP contribution in [0.3, 0.4) is 0 Å². The molecule has 20 heavy (non-hydrogen) atoms. The summed E-state index contributed by atoms with van der Waals surface area (Å²) in [6.45, 7) is 1.99. The molecule has 0 radical (unpaired) electrons. The first-order valence-electron chi connectivity index (χ1n) is 6.40. The lowest BCUT2D eigenvalue weighted by Crippen LogP contribution is -2.37. The van der Waals surface area contributed by atoms with Crippen LogP contribution in [0.4, 0.5) is 0 Å². The van der Waals surface area contributed by atoms with Crippen LogP contribution in [0.15, 0.2) is 29.8 Å². The van der Waals surface area contributed by atoms with Crippen molar-refractivity contribution in [2.45, 2.75) is 19.4 Å². The first-order chi connectivity index (χ1) is 9.60. The number of ether oxygens (including phenoxy) is 2. The lowest BCUT2D eigenvalue weighted by molar-refractivity contribution is -0.141. The summed E-state index contributed by atoms with van der Waals surface area (Å²) in [5.74, 6) is 0.194. The van der Waals surface area contributed by atoms with Gasteiger partial charge in [-0.3, -0.25) is 9.59 Å². The third-order valence-corrected chi connectivity index (χ3v) is 3.00. The quantitative estimate of drug-likeness (QED) is 0.846. The van der Waals surface area contributed by atoms with Gasteiger partial charge in [-0.05, 0) is 19.1 Å². The number of methoxy groups -OCH3 is 1. The average Bonchev–Trinajstić information content (AvgIpc) is 2.46. The Balaban J connectivity index is 2.00. The maximum absolute atomic E-state index is 12.1. The van der Waals surface area contributed by atoms with Crippen LogP contribution < -0.4 is 10.1 Å². The standard InChI is InChI=1S/C15H17NO4/c1-10(7-14(17)19-2)16-15(18)12-8-11-5-3-4-6-13(11)20-9-12/h3-6,8,10H,7,9H2,1-2H3,(H,16,18). The van der Waals surface area contributed by atoms with Gasteiger partial charge in [0.1, 0.15) is 12.4 Å². The molecule has 1 aromatic carbocycles. The highest BCUT2D eigenvalue weighted by molar-refractivity contribution is 5.99. The Hall–Kier alpha value is -2.30. The molecule has 0 saturated heterocycles. The van der Waals surface area contributed by atoms with Crippen LogP contribution in [0.2, 0.25) is 0 Å². The highest BCUT2D eigenvalue weighted by Gasteiger charge is 2.19. The second-order valence-corrected chi connectivity index (χ2v) is 4.65. The Kier molecular flexibility index (Phi) is 4.40. The summed E-state index contributed by atoms with van der Waals surface area (Å²) in [6.07, 6.45) is 1.95. The SMILES string of the molecule is COC(=O)CC(C)NC(=O)C1=Cc2ccccc2OC1. The Morgan fingerprint density at radius 2 is 2.15 bits per heavy atom. The van der Waals surface area contributed by atoms with Gasteiger partial charge in [0.2, 0.25) is 0 Å². The Bertz CT molecular complexity index is 551. The third kappa shape index (κ3) is 3.38. The van der Waals surface area contributed by atoms with Crippen LogP contribution in [0.1, 0.15) is 18.9 Å². The molecule has 5 heteroatoms.